The van der Waals surface area contributed by atoms with Crippen molar-refractivity contribution in [2.75, 3.05) is 13.1 Å². The maximum atomic E-state index is 12.9. The quantitative estimate of drug-likeness (QED) is 0.755. The standard InChI is InChI=1S/C23H35N3O2S/c1-22-10-7-15(14-22)13-18(22)24-21-25-20(28)23(2,29-21)17-8-11-26(12-9-17)19(27)16-5-3-4-6-16/h15-18H,3-14H2,1-2H3,(H,24,25,28)/t15-,18-,22-,23?/m0/s1. The fourth-order valence-corrected chi connectivity index (χ4v) is 8.05. The van der Waals surface area contributed by atoms with Gasteiger partial charge in [0.15, 0.2) is 5.17 Å². The van der Waals surface area contributed by atoms with E-state index in [9.17, 15) is 9.59 Å². The lowest BCUT2D eigenvalue weighted by Crippen LogP contribution is -2.48. The lowest BCUT2D eigenvalue weighted by molar-refractivity contribution is -0.137. The first-order valence-electron chi connectivity index (χ1n) is 11.7. The molecule has 0 aromatic rings. The number of nitrogens with zero attached hydrogens (tertiary/aromatic N) is 2. The number of thioether (sulfide) groups is 1. The third-order valence-corrected chi connectivity index (χ3v) is 10.1. The molecule has 0 aromatic carbocycles. The number of hydrogen-bond acceptors (Lipinski definition) is 4. The molecule has 2 aliphatic heterocycles. The van der Waals surface area contributed by atoms with E-state index in [0.717, 1.165) is 49.9 Å². The van der Waals surface area contributed by atoms with Crippen LogP contribution in [0.4, 0.5) is 0 Å². The van der Waals surface area contributed by atoms with Gasteiger partial charge in [0, 0.05) is 25.0 Å². The second kappa shape index (κ2) is 7.28. The highest BCUT2D eigenvalue weighted by Gasteiger charge is 2.52. The minimum Gasteiger partial charge on any atom is -0.361 e. The SMILES string of the molecule is CC1(C2CCN(C(=O)C3CCCC3)CC2)SC(N[C@H]2C[C@@H]3CC[C@@]2(C)C3)=NC1=O. The molecular weight excluding hydrogens is 382 g/mol. The van der Waals surface area contributed by atoms with E-state index < -0.39 is 4.75 Å². The van der Waals surface area contributed by atoms with Gasteiger partial charge >= 0.3 is 0 Å². The van der Waals surface area contributed by atoms with E-state index in [1.807, 2.05) is 0 Å². The molecule has 2 amide bonds. The van der Waals surface area contributed by atoms with Crippen molar-refractivity contribution >= 4 is 28.7 Å². The molecule has 0 radical (unpaired) electrons. The molecule has 4 fully saturated rings. The Hall–Kier alpha value is -1.04. The Balaban J connectivity index is 1.18. The summed E-state index contributed by atoms with van der Waals surface area (Å²) in [6.45, 7) is 6.08. The number of rotatable bonds is 3. The molecule has 5 nitrogen and oxygen atoms in total. The van der Waals surface area contributed by atoms with Gasteiger partial charge in [0.05, 0.1) is 0 Å². The molecule has 0 aromatic heterocycles. The summed E-state index contributed by atoms with van der Waals surface area (Å²) < 4.78 is -0.469. The van der Waals surface area contributed by atoms with Crippen molar-refractivity contribution in [3.63, 3.8) is 0 Å². The van der Waals surface area contributed by atoms with E-state index in [-0.39, 0.29) is 11.8 Å². The second-order valence-electron chi connectivity index (χ2n) is 10.7. The third-order valence-electron chi connectivity index (χ3n) is 8.81. The van der Waals surface area contributed by atoms with Crippen LogP contribution in [0.1, 0.15) is 78.1 Å². The molecule has 3 aliphatic carbocycles. The zero-order chi connectivity index (χ0) is 20.2. The molecule has 3 saturated carbocycles. The number of amides is 2. The molecule has 1 N–H and O–H groups in total. The molecule has 1 saturated heterocycles. The fraction of sp³-hybridized carbons (Fsp3) is 0.870. The van der Waals surface area contributed by atoms with E-state index >= 15 is 0 Å². The Kier molecular flexibility index (Phi) is 4.99. The predicted molar refractivity (Wildman–Crippen MR) is 117 cm³/mol. The predicted octanol–water partition coefficient (Wildman–Crippen LogP) is 3.97. The molecule has 5 rings (SSSR count). The van der Waals surface area contributed by atoms with Crippen LogP contribution in [0.2, 0.25) is 0 Å². The summed E-state index contributed by atoms with van der Waals surface area (Å²) in [6, 6.07) is 0.466. The lowest BCUT2D eigenvalue weighted by atomic mass is 9.82. The molecule has 0 spiro atoms. The van der Waals surface area contributed by atoms with Gasteiger partial charge in [-0.15, -0.1) is 0 Å². The van der Waals surface area contributed by atoms with Gasteiger partial charge in [-0.2, -0.15) is 4.99 Å². The molecule has 2 heterocycles. The summed E-state index contributed by atoms with van der Waals surface area (Å²) in [5.74, 6) is 1.80. The Morgan fingerprint density at radius 3 is 2.48 bits per heavy atom. The van der Waals surface area contributed by atoms with E-state index in [1.165, 1.54) is 38.5 Å². The van der Waals surface area contributed by atoms with Gasteiger partial charge in [-0.1, -0.05) is 31.5 Å². The number of amidine groups is 1. The highest BCUT2D eigenvalue weighted by Crippen LogP contribution is 2.54. The van der Waals surface area contributed by atoms with Crippen LogP contribution >= 0.6 is 11.8 Å². The van der Waals surface area contributed by atoms with Crippen LogP contribution in [0.5, 0.6) is 0 Å². The molecule has 4 atom stereocenters. The lowest BCUT2D eigenvalue weighted by Gasteiger charge is -2.39. The summed E-state index contributed by atoms with van der Waals surface area (Å²) in [4.78, 5) is 32.2. The zero-order valence-electron chi connectivity index (χ0n) is 17.9. The summed E-state index contributed by atoms with van der Waals surface area (Å²) in [5.41, 5.74) is 0.377. The van der Waals surface area contributed by atoms with E-state index in [2.05, 4.69) is 29.1 Å². The monoisotopic (exact) mass is 417 g/mol. The number of carbonyl (C=O) groups excluding carboxylic acids is 2. The van der Waals surface area contributed by atoms with Crippen molar-refractivity contribution < 1.29 is 9.59 Å². The molecule has 5 aliphatic rings. The normalized spacial score (nSPS) is 40.7. The average Bonchev–Trinajstić information content (AvgIpc) is 3.47. The van der Waals surface area contributed by atoms with Crippen molar-refractivity contribution in [1.29, 1.82) is 0 Å². The first-order valence-corrected chi connectivity index (χ1v) is 12.6. The Morgan fingerprint density at radius 1 is 1.14 bits per heavy atom. The average molecular weight is 418 g/mol. The maximum Gasteiger partial charge on any atom is 0.264 e. The van der Waals surface area contributed by atoms with Gasteiger partial charge in [0.1, 0.15) is 4.75 Å². The number of piperidine rings is 1. The Morgan fingerprint density at radius 2 is 1.86 bits per heavy atom. The van der Waals surface area contributed by atoms with Crippen LogP contribution < -0.4 is 5.32 Å². The number of carbonyl (C=O) groups is 2. The Labute approximate surface area is 178 Å². The van der Waals surface area contributed by atoms with Gasteiger partial charge in [-0.05, 0) is 75.5 Å². The summed E-state index contributed by atoms with van der Waals surface area (Å²) in [7, 11) is 0. The topological polar surface area (TPSA) is 61.8 Å². The van der Waals surface area contributed by atoms with Gasteiger partial charge in [-0.25, -0.2) is 0 Å². The number of likely N-dealkylation sites (tertiary alicyclic amines) is 1. The molecule has 29 heavy (non-hydrogen) atoms. The van der Waals surface area contributed by atoms with Crippen LogP contribution in [-0.2, 0) is 9.59 Å². The number of fused-ring (bicyclic) bond motifs is 2. The van der Waals surface area contributed by atoms with E-state index in [4.69, 9.17) is 0 Å². The van der Waals surface area contributed by atoms with Crippen LogP contribution in [-0.4, -0.2) is 45.8 Å². The van der Waals surface area contributed by atoms with E-state index in [1.54, 1.807) is 11.8 Å². The molecule has 6 heteroatoms. The van der Waals surface area contributed by atoms with Crippen LogP contribution in [0, 0.1) is 23.2 Å². The first kappa shape index (κ1) is 19.9. The molecule has 160 valence electrons. The van der Waals surface area contributed by atoms with Gasteiger partial charge in [0.25, 0.3) is 5.91 Å². The fourth-order valence-electron chi connectivity index (χ4n) is 6.79. The summed E-state index contributed by atoms with van der Waals surface area (Å²) in [6.07, 6.45) is 11.6. The summed E-state index contributed by atoms with van der Waals surface area (Å²) >= 11 is 1.66. The minimum atomic E-state index is -0.469. The van der Waals surface area contributed by atoms with Crippen LogP contribution in [0.3, 0.4) is 0 Å². The van der Waals surface area contributed by atoms with Crippen molar-refractivity contribution in [2.24, 2.45) is 28.2 Å². The smallest absolute Gasteiger partial charge is 0.264 e. The minimum absolute atomic E-state index is 0.0267. The van der Waals surface area contributed by atoms with Crippen molar-refractivity contribution in [1.82, 2.24) is 10.2 Å². The van der Waals surface area contributed by atoms with Crippen molar-refractivity contribution in [3.8, 4) is 0 Å². The Bertz CT molecular complexity index is 726. The second-order valence-corrected chi connectivity index (χ2v) is 12.1. The molecule has 1 unspecified atom stereocenters. The van der Waals surface area contributed by atoms with E-state index in [0.29, 0.717) is 23.3 Å². The third kappa shape index (κ3) is 3.43. The first-order chi connectivity index (χ1) is 13.9. The van der Waals surface area contributed by atoms with Crippen LogP contribution in [0.15, 0.2) is 4.99 Å². The highest BCUT2D eigenvalue weighted by molar-refractivity contribution is 8.16. The summed E-state index contributed by atoms with van der Waals surface area (Å²) in [5, 5.41) is 4.51. The van der Waals surface area contributed by atoms with Gasteiger partial charge in [-0.3, -0.25) is 9.59 Å². The molecule has 2 bridgehead atoms. The van der Waals surface area contributed by atoms with Crippen molar-refractivity contribution in [2.45, 2.75) is 88.8 Å². The highest BCUT2D eigenvalue weighted by atomic mass is 32.2. The number of aliphatic imine (C=N–C) groups is 1. The van der Waals surface area contributed by atoms with Crippen molar-refractivity contribution in [3.05, 3.63) is 0 Å². The van der Waals surface area contributed by atoms with Gasteiger partial charge < -0.3 is 10.2 Å². The van der Waals surface area contributed by atoms with Gasteiger partial charge in [0.2, 0.25) is 5.91 Å². The van der Waals surface area contributed by atoms with Crippen LogP contribution in [0.25, 0.3) is 0 Å². The maximum absolute atomic E-state index is 12.9. The zero-order valence-corrected chi connectivity index (χ0v) is 18.7. The number of hydrogen-bond donors (Lipinski definition) is 1. The largest absolute Gasteiger partial charge is 0.361 e. The molecular formula is C23H35N3O2S. The number of nitrogens with one attached hydrogen (secondary N) is 1.